The summed E-state index contributed by atoms with van der Waals surface area (Å²) >= 11 is 0. The smallest absolute Gasteiger partial charge is 0.488 e. The SMILES string of the molecule is CC1=CC(=O)C2=C(C1=O)C(c1cccc(O)c1)C1=CCC3C(=O)N(c4cccc(B(O)O)c4)C(=O)C3C1C2. The molecule has 4 unspecified atom stereocenters. The second kappa shape index (κ2) is 8.75. The average molecular weight is 509 g/mol. The molecule has 1 aliphatic heterocycles. The summed E-state index contributed by atoms with van der Waals surface area (Å²) in [6.07, 6.45) is 3.69. The van der Waals surface area contributed by atoms with Crippen LogP contribution in [-0.2, 0) is 19.2 Å². The minimum Gasteiger partial charge on any atom is -0.508 e. The van der Waals surface area contributed by atoms with Gasteiger partial charge in [-0.3, -0.25) is 24.1 Å². The van der Waals surface area contributed by atoms with Gasteiger partial charge in [0.05, 0.1) is 17.5 Å². The lowest BCUT2D eigenvalue weighted by Crippen LogP contribution is -2.40. The van der Waals surface area contributed by atoms with E-state index in [4.69, 9.17) is 0 Å². The lowest BCUT2D eigenvalue weighted by molar-refractivity contribution is -0.123. The van der Waals surface area contributed by atoms with E-state index in [1.54, 1.807) is 37.3 Å². The van der Waals surface area contributed by atoms with E-state index in [0.29, 0.717) is 22.3 Å². The van der Waals surface area contributed by atoms with Gasteiger partial charge in [0.2, 0.25) is 11.8 Å². The summed E-state index contributed by atoms with van der Waals surface area (Å²) in [7, 11) is -1.75. The molecule has 3 N–H and O–H groups in total. The maximum Gasteiger partial charge on any atom is 0.488 e. The van der Waals surface area contributed by atoms with Crippen molar-refractivity contribution in [2.75, 3.05) is 4.90 Å². The quantitative estimate of drug-likeness (QED) is 0.248. The van der Waals surface area contributed by atoms with E-state index < -0.39 is 36.7 Å². The van der Waals surface area contributed by atoms with Gasteiger partial charge in [-0.05, 0) is 67.1 Å². The number of phenolic OH excluding ortho intramolecular Hbond substituents is 1. The number of carbonyl (C=O) groups excluding carboxylic acids is 4. The molecule has 0 bridgehead atoms. The highest BCUT2D eigenvalue weighted by Gasteiger charge is 2.56. The third-order valence-corrected chi connectivity index (χ3v) is 8.19. The van der Waals surface area contributed by atoms with Gasteiger partial charge in [-0.25, -0.2) is 0 Å². The van der Waals surface area contributed by atoms with E-state index >= 15 is 0 Å². The lowest BCUT2D eigenvalue weighted by Gasteiger charge is -2.42. The third-order valence-electron chi connectivity index (χ3n) is 8.19. The van der Waals surface area contributed by atoms with Gasteiger partial charge in [0, 0.05) is 22.6 Å². The first-order valence-electron chi connectivity index (χ1n) is 12.5. The van der Waals surface area contributed by atoms with Crippen molar-refractivity contribution in [2.45, 2.75) is 25.7 Å². The number of nitrogens with zero attached hydrogens (tertiary/aromatic N) is 1. The number of aromatic hydroxyl groups is 1. The number of carbonyl (C=O) groups is 4. The van der Waals surface area contributed by atoms with Gasteiger partial charge in [-0.15, -0.1) is 0 Å². The second-order valence-electron chi connectivity index (χ2n) is 10.3. The zero-order valence-corrected chi connectivity index (χ0v) is 20.5. The molecule has 0 aromatic heterocycles. The van der Waals surface area contributed by atoms with Crippen molar-refractivity contribution in [3.63, 3.8) is 0 Å². The highest BCUT2D eigenvalue weighted by Crippen LogP contribution is 2.55. The van der Waals surface area contributed by atoms with Crippen molar-refractivity contribution in [2.24, 2.45) is 17.8 Å². The molecule has 2 aromatic rings. The van der Waals surface area contributed by atoms with Crippen molar-refractivity contribution < 1.29 is 34.3 Å². The molecule has 2 aromatic carbocycles. The van der Waals surface area contributed by atoms with Crippen LogP contribution < -0.4 is 10.4 Å². The molecule has 4 aliphatic rings. The summed E-state index contributed by atoms with van der Waals surface area (Å²) in [5.74, 6) is -3.78. The van der Waals surface area contributed by atoms with Crippen LogP contribution in [0.15, 0.2) is 83.0 Å². The molecule has 9 heteroatoms. The summed E-state index contributed by atoms with van der Waals surface area (Å²) < 4.78 is 0. The predicted molar refractivity (Wildman–Crippen MR) is 138 cm³/mol. The summed E-state index contributed by atoms with van der Waals surface area (Å²) in [4.78, 5) is 55.0. The van der Waals surface area contributed by atoms with E-state index in [2.05, 4.69) is 0 Å². The van der Waals surface area contributed by atoms with Crippen LogP contribution >= 0.6 is 0 Å². The maximum absolute atomic E-state index is 13.9. The Bertz CT molecular complexity index is 1530. The van der Waals surface area contributed by atoms with Gasteiger partial charge in [0.25, 0.3) is 0 Å². The first kappa shape index (κ1) is 24.3. The van der Waals surface area contributed by atoms with E-state index in [1.807, 2.05) is 6.08 Å². The fourth-order valence-corrected chi connectivity index (χ4v) is 6.52. The maximum atomic E-state index is 13.9. The number of Topliss-reactive ketones (excluding diaryl/α,β-unsaturated/α-hetero) is 1. The molecule has 3 aliphatic carbocycles. The zero-order valence-electron chi connectivity index (χ0n) is 20.5. The summed E-state index contributed by atoms with van der Waals surface area (Å²) in [6.45, 7) is 1.61. The molecule has 0 saturated carbocycles. The van der Waals surface area contributed by atoms with Crippen molar-refractivity contribution in [3.8, 4) is 5.75 Å². The second-order valence-corrected chi connectivity index (χ2v) is 10.3. The number of amides is 2. The molecule has 1 saturated heterocycles. The first-order valence-corrected chi connectivity index (χ1v) is 12.5. The molecule has 190 valence electrons. The fraction of sp³-hybridized carbons (Fsp3) is 0.241. The van der Waals surface area contributed by atoms with Crippen LogP contribution in [0.2, 0.25) is 0 Å². The molecule has 0 radical (unpaired) electrons. The molecular formula is C29H24BNO7. The number of benzene rings is 2. The Labute approximate surface area is 218 Å². The van der Waals surface area contributed by atoms with Gasteiger partial charge < -0.3 is 15.2 Å². The third kappa shape index (κ3) is 3.54. The zero-order chi connectivity index (χ0) is 26.9. The molecule has 1 heterocycles. The Morgan fingerprint density at radius 2 is 1.71 bits per heavy atom. The number of rotatable bonds is 3. The van der Waals surface area contributed by atoms with E-state index in [-0.39, 0.29) is 47.2 Å². The Kier molecular flexibility index (Phi) is 5.59. The van der Waals surface area contributed by atoms with Gasteiger partial charge in [-0.2, -0.15) is 0 Å². The molecular weight excluding hydrogens is 485 g/mol. The predicted octanol–water partition coefficient (Wildman–Crippen LogP) is 1.71. The standard InChI is InChI=1S/C29H24BNO7/c1-14-10-23(33)22-13-21-19(24(26(22)27(14)34)15-4-2-7-18(32)11-15)8-9-20-25(21)29(36)31(28(20)35)17-6-3-5-16(12-17)30(37)38/h2-8,10-12,20-21,24-25,32,37-38H,9,13H2,1H3. The van der Waals surface area contributed by atoms with E-state index in [1.165, 1.54) is 24.3 Å². The number of hydrogen-bond acceptors (Lipinski definition) is 7. The van der Waals surface area contributed by atoms with Gasteiger partial charge in [0.1, 0.15) is 5.75 Å². The van der Waals surface area contributed by atoms with Crippen LogP contribution in [0.3, 0.4) is 0 Å². The normalized spacial score (nSPS) is 26.6. The van der Waals surface area contributed by atoms with Crippen molar-refractivity contribution in [3.05, 3.63) is 88.5 Å². The molecule has 6 rings (SSSR count). The molecule has 1 fully saturated rings. The fourth-order valence-electron chi connectivity index (χ4n) is 6.52. The molecule has 38 heavy (non-hydrogen) atoms. The van der Waals surface area contributed by atoms with Crippen LogP contribution in [0.5, 0.6) is 5.75 Å². The topological polar surface area (TPSA) is 132 Å². The van der Waals surface area contributed by atoms with Crippen LogP contribution in [0.1, 0.15) is 31.2 Å². The number of allylic oxidation sites excluding steroid dienone is 6. The highest BCUT2D eigenvalue weighted by molar-refractivity contribution is 6.58. The van der Waals surface area contributed by atoms with Crippen molar-refractivity contribution >= 4 is 41.6 Å². The van der Waals surface area contributed by atoms with Gasteiger partial charge in [-0.1, -0.05) is 35.9 Å². The van der Waals surface area contributed by atoms with E-state index in [9.17, 15) is 34.3 Å². The van der Waals surface area contributed by atoms with Crippen LogP contribution in [0.4, 0.5) is 5.69 Å². The summed E-state index contributed by atoms with van der Waals surface area (Å²) in [5, 5.41) is 29.4. The molecule has 4 atom stereocenters. The lowest BCUT2D eigenvalue weighted by atomic mass is 9.59. The van der Waals surface area contributed by atoms with Crippen LogP contribution in [-0.4, -0.2) is 45.7 Å². The van der Waals surface area contributed by atoms with E-state index in [0.717, 1.165) is 10.5 Å². The Morgan fingerprint density at radius 3 is 2.45 bits per heavy atom. The minimum atomic E-state index is -1.75. The molecule has 0 spiro atoms. The monoisotopic (exact) mass is 509 g/mol. The number of hydrogen-bond donors (Lipinski definition) is 3. The van der Waals surface area contributed by atoms with Crippen LogP contribution in [0.25, 0.3) is 0 Å². The number of phenols is 1. The van der Waals surface area contributed by atoms with Crippen molar-refractivity contribution in [1.29, 1.82) is 0 Å². The number of fused-ring (bicyclic) bond motifs is 3. The summed E-state index contributed by atoms with van der Waals surface area (Å²) in [5.41, 5.74) is 2.91. The highest BCUT2D eigenvalue weighted by atomic mass is 16.4. The van der Waals surface area contributed by atoms with Crippen LogP contribution in [0, 0.1) is 17.8 Å². The minimum absolute atomic E-state index is 0.0205. The summed E-state index contributed by atoms with van der Waals surface area (Å²) in [6, 6.07) is 12.6. The molecule has 8 nitrogen and oxygen atoms in total. The van der Waals surface area contributed by atoms with Gasteiger partial charge in [0.15, 0.2) is 11.6 Å². The number of ketones is 2. The molecule has 2 amide bonds. The first-order chi connectivity index (χ1) is 18.2. The van der Waals surface area contributed by atoms with Gasteiger partial charge >= 0.3 is 7.12 Å². The number of imide groups is 1. The van der Waals surface area contributed by atoms with Crippen molar-refractivity contribution in [1.82, 2.24) is 0 Å². The average Bonchev–Trinajstić information content (AvgIpc) is 3.15. The number of anilines is 1. The Hall–Kier alpha value is -4.08. The largest absolute Gasteiger partial charge is 0.508 e. The Morgan fingerprint density at radius 1 is 0.947 bits per heavy atom. The Balaban J connectivity index is 1.47.